The van der Waals surface area contributed by atoms with Gasteiger partial charge in [0.25, 0.3) is 0 Å². The molecule has 2 heterocycles. The Hall–Kier alpha value is -3.98. The number of aromatic hydroxyl groups is 1. The number of para-hydroxylation sites is 1. The van der Waals surface area contributed by atoms with Gasteiger partial charge in [0.1, 0.15) is 5.75 Å². The molecule has 6 atom stereocenters. The number of phenolic OH excluding ortho intramolecular Hbond substituents is 1. The molecule has 39 heavy (non-hydrogen) atoms. The first-order valence-electron chi connectivity index (χ1n) is 12.7. The fraction of sp³-hybridized carbons (Fsp3) is 0.345. The molecule has 0 bridgehead atoms. The van der Waals surface area contributed by atoms with Gasteiger partial charge in [-0.2, -0.15) is 4.90 Å². The molecule has 2 aromatic rings. The van der Waals surface area contributed by atoms with Gasteiger partial charge in [0.2, 0.25) is 23.6 Å². The molecule has 2 aliphatic heterocycles. The molecule has 1 N–H and O–H groups in total. The Balaban J connectivity index is 1.53. The zero-order valence-electron chi connectivity index (χ0n) is 21.2. The Bertz CT molecular complexity index is 1490. The summed E-state index contributed by atoms with van der Waals surface area (Å²) >= 11 is 6.64. The number of rotatable bonds is 2. The number of carbonyl (C=O) groups is 5. The lowest BCUT2D eigenvalue weighted by Crippen LogP contribution is -2.49. The summed E-state index contributed by atoms with van der Waals surface area (Å²) in [6, 6.07) is 13.1. The van der Waals surface area contributed by atoms with Crippen molar-refractivity contribution < 1.29 is 33.8 Å². The molecule has 2 aliphatic carbocycles. The summed E-state index contributed by atoms with van der Waals surface area (Å²) in [4.78, 5) is 68.9. The number of ether oxygens (including phenoxy) is 1. The zero-order chi connectivity index (χ0) is 27.8. The van der Waals surface area contributed by atoms with Crippen molar-refractivity contribution in [1.82, 2.24) is 4.90 Å². The maximum atomic E-state index is 14.2. The summed E-state index contributed by atoms with van der Waals surface area (Å²) in [5.41, 5.74) is 0.453. The zero-order valence-corrected chi connectivity index (χ0v) is 21.9. The van der Waals surface area contributed by atoms with E-state index in [1.807, 2.05) is 6.08 Å². The number of benzene rings is 2. The topological polar surface area (TPSA) is 121 Å². The number of phenols is 1. The van der Waals surface area contributed by atoms with Crippen LogP contribution >= 0.6 is 11.6 Å². The van der Waals surface area contributed by atoms with Crippen LogP contribution < -0.4 is 4.90 Å². The van der Waals surface area contributed by atoms with E-state index in [9.17, 15) is 29.1 Å². The fourth-order valence-electron chi connectivity index (χ4n) is 7.20. The number of carbonyl (C=O) groups excluding carboxylic acids is 5. The SMILES string of the molecule is COC(=O)N1C(=O)[C@H]2[C@H](CC=C3[C@H]2C[C@H]2C(=O)N(c4ccccc4)C(=O)[C@@]2(C)[C@H]3c2ccc(O)cc2Cl)C1=O. The highest BCUT2D eigenvalue weighted by molar-refractivity contribution is 6.32. The highest BCUT2D eigenvalue weighted by atomic mass is 35.5. The van der Waals surface area contributed by atoms with Crippen LogP contribution in [0.2, 0.25) is 5.02 Å². The molecule has 9 nitrogen and oxygen atoms in total. The predicted molar refractivity (Wildman–Crippen MR) is 138 cm³/mol. The number of halogens is 1. The van der Waals surface area contributed by atoms with Crippen LogP contribution in [0.4, 0.5) is 10.5 Å². The minimum atomic E-state index is -1.25. The molecule has 10 heteroatoms. The molecular weight excluding hydrogens is 524 g/mol. The molecule has 2 aromatic carbocycles. The number of allylic oxidation sites excluding steroid dienone is 2. The predicted octanol–water partition coefficient (Wildman–Crippen LogP) is 4.04. The molecule has 5 amide bonds. The first-order valence-corrected chi connectivity index (χ1v) is 13.1. The minimum absolute atomic E-state index is 0.0551. The quantitative estimate of drug-likeness (QED) is 0.444. The molecule has 4 aliphatic rings. The van der Waals surface area contributed by atoms with Gasteiger partial charge in [-0.15, -0.1) is 0 Å². The van der Waals surface area contributed by atoms with Crippen LogP contribution in [-0.4, -0.2) is 46.8 Å². The van der Waals surface area contributed by atoms with E-state index in [1.165, 1.54) is 17.0 Å². The Morgan fingerprint density at radius 3 is 2.41 bits per heavy atom. The van der Waals surface area contributed by atoms with Crippen LogP contribution in [0.1, 0.15) is 31.2 Å². The largest absolute Gasteiger partial charge is 0.508 e. The summed E-state index contributed by atoms with van der Waals surface area (Å²) in [7, 11) is 1.10. The van der Waals surface area contributed by atoms with Crippen LogP contribution in [0.15, 0.2) is 60.2 Å². The number of methoxy groups -OCH3 is 1. The van der Waals surface area contributed by atoms with Crippen molar-refractivity contribution in [2.45, 2.75) is 25.7 Å². The van der Waals surface area contributed by atoms with E-state index in [-0.39, 0.29) is 29.5 Å². The van der Waals surface area contributed by atoms with Crippen molar-refractivity contribution in [1.29, 1.82) is 0 Å². The van der Waals surface area contributed by atoms with E-state index in [1.54, 1.807) is 43.3 Å². The molecule has 200 valence electrons. The second kappa shape index (κ2) is 8.77. The average Bonchev–Trinajstić information content (AvgIpc) is 3.29. The Kier molecular flexibility index (Phi) is 5.69. The minimum Gasteiger partial charge on any atom is -0.508 e. The third kappa shape index (κ3) is 3.35. The van der Waals surface area contributed by atoms with Crippen molar-refractivity contribution >= 4 is 47.0 Å². The van der Waals surface area contributed by atoms with Crippen molar-refractivity contribution in [2.24, 2.45) is 29.1 Å². The Labute approximate surface area is 229 Å². The van der Waals surface area contributed by atoms with Gasteiger partial charge in [-0.1, -0.05) is 47.5 Å². The van der Waals surface area contributed by atoms with Crippen LogP contribution in [0.25, 0.3) is 0 Å². The van der Waals surface area contributed by atoms with Gasteiger partial charge >= 0.3 is 6.09 Å². The average molecular weight is 549 g/mol. The molecule has 2 saturated heterocycles. The van der Waals surface area contributed by atoms with E-state index < -0.39 is 58.8 Å². The molecular formula is C29H25ClN2O7. The molecule has 1 saturated carbocycles. The Morgan fingerprint density at radius 1 is 1.03 bits per heavy atom. The fourth-order valence-corrected chi connectivity index (χ4v) is 7.49. The summed E-state index contributed by atoms with van der Waals surface area (Å²) in [5, 5.41) is 10.3. The van der Waals surface area contributed by atoms with E-state index in [4.69, 9.17) is 16.3 Å². The van der Waals surface area contributed by atoms with Gasteiger partial charge in [-0.25, -0.2) is 9.69 Å². The highest BCUT2D eigenvalue weighted by Crippen LogP contribution is 2.64. The summed E-state index contributed by atoms with van der Waals surface area (Å²) in [6.45, 7) is 1.75. The number of hydrogen-bond acceptors (Lipinski definition) is 7. The smallest absolute Gasteiger partial charge is 0.423 e. The number of imide groups is 4. The van der Waals surface area contributed by atoms with Gasteiger partial charge in [-0.05, 0) is 55.5 Å². The number of likely N-dealkylation sites (tertiary alicyclic amines) is 1. The van der Waals surface area contributed by atoms with E-state index >= 15 is 0 Å². The van der Waals surface area contributed by atoms with Gasteiger partial charge in [-0.3, -0.25) is 19.2 Å². The lowest BCUT2D eigenvalue weighted by Gasteiger charge is -2.49. The third-order valence-corrected chi connectivity index (χ3v) is 9.27. The van der Waals surface area contributed by atoms with Crippen LogP contribution in [-0.2, 0) is 23.9 Å². The summed E-state index contributed by atoms with van der Waals surface area (Å²) in [5.74, 6) is -5.90. The lowest BCUT2D eigenvalue weighted by atomic mass is 9.51. The monoisotopic (exact) mass is 548 g/mol. The van der Waals surface area contributed by atoms with Crippen molar-refractivity contribution in [3.8, 4) is 5.75 Å². The van der Waals surface area contributed by atoms with E-state index in [2.05, 4.69) is 0 Å². The number of anilines is 1. The van der Waals surface area contributed by atoms with Crippen molar-refractivity contribution in [2.75, 3.05) is 12.0 Å². The number of amides is 5. The maximum Gasteiger partial charge on any atom is 0.423 e. The standard InChI is InChI=1S/C29H25ClN2O7/c1-29-20(25(35)31(27(29)37)14-6-4-3-5-7-14)13-19-16(23(29)17-9-8-15(33)12-21(17)30)10-11-18-22(19)26(36)32(24(18)34)28(38)39-2/h3-10,12,18-20,22-23,33H,11,13H2,1-2H3/t18-,19+,20-,22-,23+,29+/m0/s1. The van der Waals surface area contributed by atoms with Crippen molar-refractivity contribution in [3.05, 3.63) is 70.8 Å². The molecule has 0 radical (unpaired) electrons. The van der Waals surface area contributed by atoms with Gasteiger partial charge in [0.05, 0.1) is 36.0 Å². The summed E-state index contributed by atoms with van der Waals surface area (Å²) in [6.07, 6.45) is 1.15. The second-order valence-corrected chi connectivity index (χ2v) is 11.1. The van der Waals surface area contributed by atoms with E-state index in [0.29, 0.717) is 16.2 Å². The molecule has 6 rings (SSSR count). The highest BCUT2D eigenvalue weighted by Gasteiger charge is 2.68. The van der Waals surface area contributed by atoms with Crippen LogP contribution in [0.3, 0.4) is 0 Å². The first kappa shape index (κ1) is 25.3. The van der Waals surface area contributed by atoms with Gasteiger partial charge in [0.15, 0.2) is 0 Å². The number of hydrogen-bond donors (Lipinski definition) is 1. The normalized spacial score (nSPS) is 31.6. The second-order valence-electron chi connectivity index (χ2n) is 10.7. The molecule has 0 unspecified atom stereocenters. The molecule has 3 fully saturated rings. The third-order valence-electron chi connectivity index (χ3n) is 8.94. The van der Waals surface area contributed by atoms with Crippen LogP contribution in [0, 0.1) is 29.1 Å². The maximum absolute atomic E-state index is 14.2. The Morgan fingerprint density at radius 2 is 1.74 bits per heavy atom. The number of fused-ring (bicyclic) bond motifs is 4. The number of nitrogens with zero attached hydrogens (tertiary/aromatic N) is 2. The van der Waals surface area contributed by atoms with Gasteiger partial charge in [0, 0.05) is 10.9 Å². The molecule has 0 aromatic heterocycles. The summed E-state index contributed by atoms with van der Waals surface area (Å²) < 4.78 is 4.70. The lowest BCUT2D eigenvalue weighted by molar-refractivity contribution is -0.138. The first-order chi connectivity index (χ1) is 18.6. The van der Waals surface area contributed by atoms with E-state index in [0.717, 1.165) is 12.7 Å². The molecule has 0 spiro atoms. The van der Waals surface area contributed by atoms with Crippen LogP contribution in [0.5, 0.6) is 5.75 Å². The van der Waals surface area contributed by atoms with Gasteiger partial charge < -0.3 is 9.84 Å². The van der Waals surface area contributed by atoms with Crippen molar-refractivity contribution in [3.63, 3.8) is 0 Å².